The highest BCUT2D eigenvalue weighted by Gasteiger charge is 2.11. The fourth-order valence-corrected chi connectivity index (χ4v) is 2.35. The lowest BCUT2D eigenvalue weighted by atomic mass is 10.0. The van der Waals surface area contributed by atoms with Gasteiger partial charge in [-0.15, -0.1) is 0 Å². The number of aromatic hydroxyl groups is 1. The Labute approximate surface area is 124 Å². The average molecular weight is 285 g/mol. The van der Waals surface area contributed by atoms with Crippen molar-refractivity contribution in [1.82, 2.24) is 4.57 Å². The van der Waals surface area contributed by atoms with Crippen LogP contribution in [0.1, 0.15) is 28.1 Å². The van der Waals surface area contributed by atoms with E-state index in [9.17, 15) is 9.90 Å². The Morgan fingerprint density at radius 3 is 2.48 bits per heavy atom. The van der Waals surface area contributed by atoms with E-state index in [1.165, 1.54) is 0 Å². The molecule has 1 heterocycles. The summed E-state index contributed by atoms with van der Waals surface area (Å²) < 4.78 is 3.19. The third kappa shape index (κ3) is 2.89. The Hall–Kier alpha value is -2.36. The van der Waals surface area contributed by atoms with Gasteiger partial charge in [-0.3, -0.25) is 0 Å². The van der Waals surface area contributed by atoms with Gasteiger partial charge in [0, 0.05) is 11.6 Å². The maximum Gasteiger partial charge on any atom is 0.498 e. The van der Waals surface area contributed by atoms with Gasteiger partial charge in [0.15, 0.2) is 0 Å². The Morgan fingerprint density at radius 2 is 1.81 bits per heavy atom. The largest absolute Gasteiger partial charge is 0.507 e. The molecule has 21 heavy (non-hydrogen) atoms. The lowest BCUT2D eigenvalue weighted by Crippen LogP contribution is -2.53. The summed E-state index contributed by atoms with van der Waals surface area (Å²) in [6.45, 7) is 5.77. The molecule has 0 radical (unpaired) electrons. The molecule has 0 atom stereocenters. The molecule has 2 aromatic rings. The maximum atomic E-state index is 12.0. The number of hydrogen-bond donors (Lipinski definition) is 1. The average Bonchev–Trinajstić information content (AvgIpc) is 2.43. The van der Waals surface area contributed by atoms with Crippen LogP contribution < -0.4 is 10.3 Å². The van der Waals surface area contributed by atoms with E-state index in [-0.39, 0.29) is 11.4 Å². The van der Waals surface area contributed by atoms with E-state index in [4.69, 9.17) is 0 Å². The van der Waals surface area contributed by atoms with Gasteiger partial charge in [0.2, 0.25) is 0 Å². The summed E-state index contributed by atoms with van der Waals surface area (Å²) in [6, 6.07) is 5.80. The normalized spacial score (nSPS) is 11.3. The molecule has 2 rings (SSSR count). The minimum absolute atomic E-state index is 0.0701. The first-order valence-electron chi connectivity index (χ1n) is 6.86. The van der Waals surface area contributed by atoms with Crippen molar-refractivity contribution in [2.24, 2.45) is 14.1 Å². The molecular formula is C17H21N2O2+. The molecule has 0 aliphatic rings. The van der Waals surface area contributed by atoms with Crippen LogP contribution in [0.4, 0.5) is 0 Å². The van der Waals surface area contributed by atoms with Crippen molar-refractivity contribution in [1.29, 1.82) is 0 Å². The van der Waals surface area contributed by atoms with Gasteiger partial charge in [-0.05, 0) is 44.6 Å². The molecule has 0 bridgehead atoms. The molecule has 0 aliphatic carbocycles. The lowest BCUT2D eigenvalue weighted by molar-refractivity contribution is -0.692. The predicted octanol–water partition coefficient (Wildman–Crippen LogP) is 2.01. The predicted molar refractivity (Wildman–Crippen MR) is 84.1 cm³/mol. The van der Waals surface area contributed by atoms with Crippen LogP contribution in [0.15, 0.2) is 23.0 Å². The van der Waals surface area contributed by atoms with Crippen molar-refractivity contribution < 1.29 is 9.67 Å². The Balaban J connectivity index is 2.51. The zero-order valence-corrected chi connectivity index (χ0v) is 13.1. The van der Waals surface area contributed by atoms with Gasteiger partial charge in [0.25, 0.3) is 0 Å². The summed E-state index contributed by atoms with van der Waals surface area (Å²) in [7, 11) is 3.49. The van der Waals surface area contributed by atoms with E-state index in [2.05, 4.69) is 0 Å². The minimum atomic E-state index is -0.0701. The molecule has 4 nitrogen and oxygen atoms in total. The standard InChI is InChI=1S/C17H20N2O2/c1-11-8-12(2)16(20)14(9-11)6-7-15-10-13(3)18(4)17(21)19(15)5/h6-10H,1-5H3/p+1. The molecule has 0 spiro atoms. The first-order chi connectivity index (χ1) is 9.81. The van der Waals surface area contributed by atoms with Gasteiger partial charge in [0.1, 0.15) is 17.1 Å². The van der Waals surface area contributed by atoms with E-state index in [0.717, 1.165) is 28.1 Å². The topological polar surface area (TPSA) is 46.1 Å². The molecule has 0 aliphatic heterocycles. The van der Waals surface area contributed by atoms with Crippen LogP contribution in [0.25, 0.3) is 12.2 Å². The van der Waals surface area contributed by atoms with Gasteiger partial charge in [-0.2, -0.15) is 13.9 Å². The van der Waals surface area contributed by atoms with E-state index in [1.54, 1.807) is 23.2 Å². The highest BCUT2D eigenvalue weighted by atomic mass is 16.3. The van der Waals surface area contributed by atoms with Crippen molar-refractivity contribution in [2.45, 2.75) is 20.8 Å². The zero-order valence-electron chi connectivity index (χ0n) is 13.1. The van der Waals surface area contributed by atoms with Crippen molar-refractivity contribution in [3.8, 4) is 5.75 Å². The van der Waals surface area contributed by atoms with Gasteiger partial charge < -0.3 is 5.11 Å². The molecule has 1 aromatic carbocycles. The van der Waals surface area contributed by atoms with Gasteiger partial charge in [0.05, 0.1) is 14.1 Å². The second-order valence-corrected chi connectivity index (χ2v) is 5.46. The molecule has 4 heteroatoms. The van der Waals surface area contributed by atoms with Crippen molar-refractivity contribution >= 4 is 12.2 Å². The van der Waals surface area contributed by atoms with Crippen LogP contribution in [0.2, 0.25) is 0 Å². The fourth-order valence-electron chi connectivity index (χ4n) is 2.35. The number of aryl methyl sites for hydroxylation is 3. The van der Waals surface area contributed by atoms with Gasteiger partial charge in [-0.25, -0.2) is 0 Å². The van der Waals surface area contributed by atoms with Crippen LogP contribution in [0, 0.1) is 20.8 Å². The van der Waals surface area contributed by atoms with Gasteiger partial charge >= 0.3 is 5.69 Å². The smallest absolute Gasteiger partial charge is 0.498 e. The first kappa shape index (κ1) is 15.0. The van der Waals surface area contributed by atoms with Crippen molar-refractivity contribution in [3.63, 3.8) is 0 Å². The highest BCUT2D eigenvalue weighted by Crippen LogP contribution is 2.25. The molecule has 110 valence electrons. The van der Waals surface area contributed by atoms with Crippen LogP contribution in [-0.4, -0.2) is 9.67 Å². The highest BCUT2D eigenvalue weighted by molar-refractivity contribution is 5.71. The summed E-state index contributed by atoms with van der Waals surface area (Å²) in [6.07, 6.45) is 3.69. The van der Waals surface area contributed by atoms with Gasteiger partial charge in [-0.1, -0.05) is 11.6 Å². The zero-order chi connectivity index (χ0) is 15.7. The number of nitrogens with zero attached hydrogens (tertiary/aromatic N) is 2. The monoisotopic (exact) mass is 285 g/mol. The minimum Gasteiger partial charge on any atom is -0.507 e. The summed E-state index contributed by atoms with van der Waals surface area (Å²) in [5.41, 5.74) is 4.32. The molecular weight excluding hydrogens is 264 g/mol. The van der Waals surface area contributed by atoms with Crippen LogP contribution in [0.3, 0.4) is 0 Å². The van der Waals surface area contributed by atoms with E-state index >= 15 is 0 Å². The lowest BCUT2D eigenvalue weighted by Gasteiger charge is -2.05. The third-order valence-electron chi connectivity index (χ3n) is 3.75. The first-order valence-corrected chi connectivity index (χ1v) is 6.86. The molecule has 1 N–H and O–H groups in total. The SMILES string of the molecule is Cc1cc(C)c(O)c(/C=C/c2cc(C)n(C)c(=O)[n+]2C)c1. The third-order valence-corrected chi connectivity index (χ3v) is 3.75. The Bertz CT molecular complexity index is 786. The quantitative estimate of drug-likeness (QED) is 0.858. The number of hydrogen-bond acceptors (Lipinski definition) is 2. The van der Waals surface area contributed by atoms with E-state index < -0.39 is 0 Å². The Morgan fingerprint density at radius 1 is 1.14 bits per heavy atom. The van der Waals surface area contributed by atoms with Crippen LogP contribution in [0.5, 0.6) is 5.75 Å². The summed E-state index contributed by atoms with van der Waals surface area (Å²) in [5, 5.41) is 10.1. The van der Waals surface area contributed by atoms with Crippen LogP contribution in [-0.2, 0) is 14.1 Å². The number of phenols is 1. The molecule has 0 unspecified atom stereocenters. The summed E-state index contributed by atoms with van der Waals surface area (Å²) >= 11 is 0. The molecule has 0 fully saturated rings. The second kappa shape index (κ2) is 5.56. The molecule has 0 saturated heterocycles. The molecule has 1 aromatic heterocycles. The second-order valence-electron chi connectivity index (χ2n) is 5.46. The summed E-state index contributed by atoms with van der Waals surface area (Å²) in [4.78, 5) is 12.0. The number of benzene rings is 1. The van der Waals surface area contributed by atoms with E-state index in [1.807, 2.05) is 51.1 Å². The summed E-state index contributed by atoms with van der Waals surface area (Å²) in [5.74, 6) is 0.278. The van der Waals surface area contributed by atoms with Crippen LogP contribution >= 0.6 is 0 Å². The number of phenolic OH excluding ortho intramolecular Hbond substituents is 1. The molecule has 0 saturated carbocycles. The Kier molecular flexibility index (Phi) is 3.98. The number of rotatable bonds is 2. The van der Waals surface area contributed by atoms with E-state index in [0.29, 0.717) is 0 Å². The maximum absolute atomic E-state index is 12.0. The van der Waals surface area contributed by atoms with Crippen molar-refractivity contribution in [3.05, 3.63) is 56.8 Å². The number of aromatic nitrogens is 2. The molecule has 0 amide bonds. The van der Waals surface area contributed by atoms with Crippen molar-refractivity contribution in [2.75, 3.05) is 0 Å². The fraction of sp³-hybridized carbons (Fsp3) is 0.294.